The summed E-state index contributed by atoms with van der Waals surface area (Å²) in [7, 11) is 0. The van der Waals surface area contributed by atoms with Crippen molar-refractivity contribution < 1.29 is 52.8 Å². The van der Waals surface area contributed by atoms with Crippen molar-refractivity contribution in [3.8, 4) is 0 Å². The summed E-state index contributed by atoms with van der Waals surface area (Å²) in [6, 6.07) is 8.10. The van der Waals surface area contributed by atoms with Crippen molar-refractivity contribution in [2.75, 3.05) is 6.54 Å². The standard InChI is InChI=1S/C28H40N2O11/c1-17(31)30-23-25(39-19(3)33)26(40-20(4)34)24(41-27(23)35)22(38-18(2)32)14-10-5-6-11-15-29-28(36)37-16-21-12-8-7-9-13-21/h7-9,12-13,22-27,35H,5-6,10-11,14-16H2,1-4H3,(H,29,36)(H,30,31)/t22?,23-,24-,25-,26-,27-/m1/s1. The van der Waals surface area contributed by atoms with E-state index in [-0.39, 0.29) is 13.0 Å². The van der Waals surface area contributed by atoms with Crippen LogP contribution in [0.5, 0.6) is 0 Å². The number of alkyl carbamates (subject to hydrolysis) is 1. The van der Waals surface area contributed by atoms with E-state index in [4.69, 9.17) is 23.7 Å². The molecule has 0 spiro atoms. The molecular weight excluding hydrogens is 540 g/mol. The molecule has 2 amide bonds. The van der Waals surface area contributed by atoms with Crippen LogP contribution in [0.2, 0.25) is 0 Å². The zero-order chi connectivity index (χ0) is 30.4. The molecule has 0 saturated carbocycles. The summed E-state index contributed by atoms with van der Waals surface area (Å²) < 4.78 is 27.1. The van der Waals surface area contributed by atoms with Crippen molar-refractivity contribution in [2.45, 2.75) is 103 Å². The van der Waals surface area contributed by atoms with Crippen molar-refractivity contribution in [2.24, 2.45) is 0 Å². The van der Waals surface area contributed by atoms with Crippen molar-refractivity contribution >= 4 is 29.9 Å². The molecule has 13 heteroatoms. The third-order valence-electron chi connectivity index (χ3n) is 6.16. The van der Waals surface area contributed by atoms with E-state index in [1.54, 1.807) is 0 Å². The minimum absolute atomic E-state index is 0.181. The average molecular weight is 581 g/mol. The van der Waals surface area contributed by atoms with E-state index in [2.05, 4.69) is 10.6 Å². The molecule has 1 aromatic rings. The lowest BCUT2D eigenvalue weighted by atomic mass is 9.90. The Kier molecular flexibility index (Phi) is 14.0. The molecule has 228 valence electrons. The number of hydrogen-bond donors (Lipinski definition) is 3. The number of ether oxygens (including phenoxy) is 5. The molecule has 0 bridgehead atoms. The summed E-state index contributed by atoms with van der Waals surface area (Å²) in [5, 5.41) is 15.8. The van der Waals surface area contributed by atoms with Crippen molar-refractivity contribution in [3.63, 3.8) is 0 Å². The molecule has 41 heavy (non-hydrogen) atoms. The van der Waals surface area contributed by atoms with Gasteiger partial charge < -0.3 is 39.4 Å². The summed E-state index contributed by atoms with van der Waals surface area (Å²) in [6.07, 6.45) is -3.93. The Hall–Kier alpha value is -3.71. The molecule has 1 unspecified atom stereocenters. The molecule has 1 aliphatic rings. The average Bonchev–Trinajstić information content (AvgIpc) is 2.89. The number of aliphatic hydroxyl groups excluding tert-OH is 1. The molecule has 0 aliphatic carbocycles. The lowest BCUT2D eigenvalue weighted by molar-refractivity contribution is -0.276. The van der Waals surface area contributed by atoms with Gasteiger partial charge >= 0.3 is 24.0 Å². The molecule has 1 heterocycles. The van der Waals surface area contributed by atoms with Gasteiger partial charge in [-0.2, -0.15) is 0 Å². The van der Waals surface area contributed by atoms with Crippen molar-refractivity contribution in [3.05, 3.63) is 35.9 Å². The van der Waals surface area contributed by atoms with E-state index < -0.39 is 66.7 Å². The maximum atomic E-state index is 12.0. The van der Waals surface area contributed by atoms with Gasteiger partial charge in [0.1, 0.15) is 24.9 Å². The molecule has 1 aromatic carbocycles. The number of unbranched alkanes of at least 4 members (excludes halogenated alkanes) is 3. The van der Waals surface area contributed by atoms with E-state index in [0.29, 0.717) is 25.8 Å². The van der Waals surface area contributed by atoms with E-state index in [9.17, 15) is 29.1 Å². The van der Waals surface area contributed by atoms with Gasteiger partial charge in [-0.3, -0.25) is 19.2 Å². The second-order valence-corrected chi connectivity index (χ2v) is 9.70. The zero-order valence-corrected chi connectivity index (χ0v) is 23.8. The smallest absolute Gasteiger partial charge is 0.407 e. The van der Waals surface area contributed by atoms with Gasteiger partial charge in [0.05, 0.1) is 0 Å². The second-order valence-electron chi connectivity index (χ2n) is 9.70. The minimum atomic E-state index is -1.65. The normalized spacial score (nSPS) is 22.5. The SMILES string of the molecule is CC(=O)N[C@@H]1[C@@H](OC(C)=O)[C@H](OC(C)=O)[C@@H](C(CCCCCCNC(=O)OCc2ccccc2)OC(C)=O)O[C@H]1O. The Balaban J connectivity index is 1.94. The fourth-order valence-corrected chi connectivity index (χ4v) is 4.51. The maximum absolute atomic E-state index is 12.0. The number of aliphatic hydroxyl groups is 1. The summed E-state index contributed by atoms with van der Waals surface area (Å²) >= 11 is 0. The van der Waals surface area contributed by atoms with Gasteiger partial charge in [0, 0.05) is 34.2 Å². The molecule has 3 N–H and O–H groups in total. The first-order valence-electron chi connectivity index (χ1n) is 13.5. The van der Waals surface area contributed by atoms with Crippen LogP contribution in [0.1, 0.15) is 65.4 Å². The molecule has 1 fully saturated rings. The molecule has 1 saturated heterocycles. The third-order valence-corrected chi connectivity index (χ3v) is 6.16. The van der Waals surface area contributed by atoms with Crippen LogP contribution in [-0.2, 0) is 49.5 Å². The summed E-state index contributed by atoms with van der Waals surface area (Å²) in [6.45, 7) is 5.29. The Morgan fingerprint density at radius 1 is 0.878 bits per heavy atom. The monoisotopic (exact) mass is 580 g/mol. The fourth-order valence-electron chi connectivity index (χ4n) is 4.51. The number of esters is 3. The number of carbonyl (C=O) groups is 5. The molecule has 2 rings (SSSR count). The first-order chi connectivity index (χ1) is 19.5. The number of amides is 2. The Bertz CT molecular complexity index is 1020. The Labute approximate surface area is 239 Å². The van der Waals surface area contributed by atoms with Gasteiger partial charge in [-0.1, -0.05) is 43.2 Å². The predicted octanol–water partition coefficient (Wildman–Crippen LogP) is 1.88. The van der Waals surface area contributed by atoms with Crippen LogP contribution in [0.4, 0.5) is 4.79 Å². The highest BCUT2D eigenvalue weighted by Crippen LogP contribution is 2.30. The molecule has 0 aromatic heterocycles. The first kappa shape index (κ1) is 33.5. The number of rotatable bonds is 14. The first-order valence-corrected chi connectivity index (χ1v) is 13.5. The van der Waals surface area contributed by atoms with Gasteiger partial charge in [-0.15, -0.1) is 0 Å². The summed E-state index contributed by atoms with van der Waals surface area (Å²) in [5.74, 6) is -2.63. The highest BCUT2D eigenvalue weighted by atomic mass is 16.7. The van der Waals surface area contributed by atoms with Gasteiger partial charge in [-0.05, 0) is 24.8 Å². The van der Waals surface area contributed by atoms with Crippen LogP contribution in [-0.4, -0.2) is 78.3 Å². The number of nitrogens with one attached hydrogen (secondary N) is 2. The van der Waals surface area contributed by atoms with E-state index in [1.165, 1.54) is 13.8 Å². The van der Waals surface area contributed by atoms with Crippen molar-refractivity contribution in [1.29, 1.82) is 0 Å². The van der Waals surface area contributed by atoms with Crippen LogP contribution < -0.4 is 10.6 Å². The highest BCUT2D eigenvalue weighted by molar-refractivity contribution is 5.73. The Morgan fingerprint density at radius 3 is 2.12 bits per heavy atom. The van der Waals surface area contributed by atoms with Crippen molar-refractivity contribution in [1.82, 2.24) is 10.6 Å². The van der Waals surface area contributed by atoms with Gasteiger partial charge in [0.15, 0.2) is 18.5 Å². The van der Waals surface area contributed by atoms with E-state index in [1.807, 2.05) is 30.3 Å². The van der Waals surface area contributed by atoms with Crippen LogP contribution >= 0.6 is 0 Å². The predicted molar refractivity (Wildman–Crippen MR) is 143 cm³/mol. The van der Waals surface area contributed by atoms with E-state index in [0.717, 1.165) is 25.8 Å². The Morgan fingerprint density at radius 2 is 1.51 bits per heavy atom. The molecular formula is C28H40N2O11. The van der Waals surface area contributed by atoms with Gasteiger partial charge in [0.2, 0.25) is 5.91 Å². The summed E-state index contributed by atoms with van der Waals surface area (Å²) in [5.41, 5.74) is 0.889. The van der Waals surface area contributed by atoms with Crippen LogP contribution in [0.25, 0.3) is 0 Å². The quantitative estimate of drug-likeness (QED) is 0.166. The topological polar surface area (TPSA) is 176 Å². The largest absolute Gasteiger partial charge is 0.460 e. The number of carbonyl (C=O) groups excluding carboxylic acids is 5. The minimum Gasteiger partial charge on any atom is -0.460 e. The van der Waals surface area contributed by atoms with E-state index >= 15 is 0 Å². The number of hydrogen-bond acceptors (Lipinski definition) is 11. The van der Waals surface area contributed by atoms with Crippen LogP contribution in [0, 0.1) is 0 Å². The highest BCUT2D eigenvalue weighted by Gasteiger charge is 2.53. The third kappa shape index (κ3) is 12.1. The zero-order valence-electron chi connectivity index (χ0n) is 23.8. The fraction of sp³-hybridized carbons (Fsp3) is 0.607. The van der Waals surface area contributed by atoms with Crippen LogP contribution in [0.15, 0.2) is 30.3 Å². The molecule has 1 aliphatic heterocycles. The molecule has 6 atom stereocenters. The number of benzene rings is 1. The summed E-state index contributed by atoms with van der Waals surface area (Å²) in [4.78, 5) is 59.3. The van der Waals surface area contributed by atoms with Gasteiger partial charge in [0.25, 0.3) is 0 Å². The second kappa shape index (κ2) is 17.2. The molecule has 0 radical (unpaired) electrons. The lowest BCUT2D eigenvalue weighted by Crippen LogP contribution is -2.67. The van der Waals surface area contributed by atoms with Gasteiger partial charge in [-0.25, -0.2) is 4.79 Å². The maximum Gasteiger partial charge on any atom is 0.407 e. The van der Waals surface area contributed by atoms with Crippen LogP contribution in [0.3, 0.4) is 0 Å². The lowest BCUT2D eigenvalue weighted by Gasteiger charge is -2.45. The molecule has 13 nitrogen and oxygen atoms in total.